The van der Waals surface area contributed by atoms with Crippen molar-refractivity contribution in [3.05, 3.63) is 93.7 Å². The third-order valence-electron chi connectivity index (χ3n) is 3.71. The van der Waals surface area contributed by atoms with Crippen molar-refractivity contribution < 1.29 is 23.3 Å². The molecule has 27 heavy (non-hydrogen) atoms. The minimum atomic E-state index is -0.646. The van der Waals surface area contributed by atoms with Crippen molar-refractivity contribution in [2.24, 2.45) is 0 Å². The first-order valence-electron chi connectivity index (χ1n) is 7.99. The highest BCUT2D eigenvalue weighted by atomic mass is 19.1. The number of benzene rings is 2. The fourth-order valence-electron chi connectivity index (χ4n) is 2.40. The van der Waals surface area contributed by atoms with Crippen molar-refractivity contribution in [2.75, 3.05) is 0 Å². The molecular weight excluding hydrogens is 355 g/mol. The lowest BCUT2D eigenvalue weighted by Gasteiger charge is -2.09. The molecule has 0 aliphatic rings. The van der Waals surface area contributed by atoms with Gasteiger partial charge in [-0.3, -0.25) is 14.9 Å². The summed E-state index contributed by atoms with van der Waals surface area (Å²) < 4.78 is 23.9. The smallest absolute Gasteiger partial charge is 0.311 e. The highest BCUT2D eigenvalue weighted by Crippen LogP contribution is 2.28. The second-order valence-electron chi connectivity index (χ2n) is 5.62. The Kier molecular flexibility index (Phi) is 5.46. The normalized spacial score (nSPS) is 10.4. The van der Waals surface area contributed by atoms with Crippen molar-refractivity contribution >= 4 is 11.6 Å². The van der Waals surface area contributed by atoms with Crippen LogP contribution in [0.15, 0.2) is 65.3 Å². The number of nitro groups is 1. The predicted molar refractivity (Wildman–Crippen MR) is 93.7 cm³/mol. The Hall–Kier alpha value is -3.68. The fraction of sp³-hybridized carbons (Fsp3) is 0.105. The average Bonchev–Trinajstić information content (AvgIpc) is 3.18. The molecule has 8 heteroatoms. The Morgan fingerprint density at radius 2 is 2.04 bits per heavy atom. The van der Waals surface area contributed by atoms with E-state index in [-0.39, 0.29) is 30.5 Å². The summed E-state index contributed by atoms with van der Waals surface area (Å²) in [4.78, 5) is 22.6. The number of ether oxygens (including phenoxy) is 1. The summed E-state index contributed by atoms with van der Waals surface area (Å²) in [5.41, 5.74) is 0.680. The third kappa shape index (κ3) is 4.69. The number of nitrogens with one attached hydrogen (secondary N) is 1. The molecule has 0 saturated carbocycles. The molecule has 0 fully saturated rings. The number of hydrogen-bond donors (Lipinski definition) is 1. The molecule has 3 rings (SSSR count). The van der Waals surface area contributed by atoms with E-state index in [1.54, 1.807) is 36.4 Å². The second kappa shape index (κ2) is 8.13. The van der Waals surface area contributed by atoms with E-state index in [4.69, 9.17) is 9.15 Å². The zero-order chi connectivity index (χ0) is 19.2. The van der Waals surface area contributed by atoms with Crippen LogP contribution >= 0.6 is 0 Å². The lowest BCUT2D eigenvalue weighted by Crippen LogP contribution is -2.22. The summed E-state index contributed by atoms with van der Waals surface area (Å²) in [5, 5.41) is 13.7. The van der Waals surface area contributed by atoms with Gasteiger partial charge in [0.05, 0.1) is 17.7 Å². The molecule has 2 aromatic carbocycles. The lowest BCUT2D eigenvalue weighted by atomic mass is 10.1. The van der Waals surface area contributed by atoms with Gasteiger partial charge in [-0.15, -0.1) is 0 Å². The SMILES string of the molecule is O=C(NCc1ccco1)c1cccc(COc2cc(F)ccc2[N+](=O)[O-])c1. The Bertz CT molecular complexity index is 956. The van der Waals surface area contributed by atoms with Gasteiger partial charge >= 0.3 is 5.69 Å². The van der Waals surface area contributed by atoms with Crippen LogP contribution < -0.4 is 10.1 Å². The zero-order valence-electron chi connectivity index (χ0n) is 14.1. The molecular formula is C19H15FN2O5. The standard InChI is InChI=1S/C19H15FN2O5/c20-15-6-7-17(22(24)25)18(10-15)27-12-13-3-1-4-14(9-13)19(23)21-11-16-5-2-8-26-16/h1-10H,11-12H2,(H,21,23). The number of amides is 1. The quantitative estimate of drug-likeness (QED) is 0.504. The number of halogens is 1. The van der Waals surface area contributed by atoms with Crippen LogP contribution in [0.4, 0.5) is 10.1 Å². The van der Waals surface area contributed by atoms with Crippen molar-refractivity contribution in [1.82, 2.24) is 5.32 Å². The number of carbonyl (C=O) groups excluding carboxylic acids is 1. The monoisotopic (exact) mass is 370 g/mol. The van der Waals surface area contributed by atoms with Crippen LogP contribution in [-0.4, -0.2) is 10.8 Å². The molecule has 0 bridgehead atoms. The largest absolute Gasteiger partial charge is 0.482 e. The maximum absolute atomic E-state index is 13.3. The summed E-state index contributed by atoms with van der Waals surface area (Å²) in [5.74, 6) is -0.486. The van der Waals surface area contributed by atoms with Crippen LogP contribution in [0.2, 0.25) is 0 Å². The van der Waals surface area contributed by atoms with Gasteiger partial charge in [-0.1, -0.05) is 12.1 Å². The molecule has 1 amide bonds. The van der Waals surface area contributed by atoms with E-state index in [1.165, 1.54) is 6.26 Å². The molecule has 1 aromatic heterocycles. The van der Waals surface area contributed by atoms with Gasteiger partial charge in [0, 0.05) is 17.7 Å². The van der Waals surface area contributed by atoms with Crippen LogP contribution in [0.5, 0.6) is 5.75 Å². The van der Waals surface area contributed by atoms with E-state index in [2.05, 4.69) is 5.32 Å². The predicted octanol–water partition coefficient (Wildman–Crippen LogP) is 3.84. The number of hydrogen-bond acceptors (Lipinski definition) is 5. The van der Waals surface area contributed by atoms with E-state index in [1.807, 2.05) is 0 Å². The average molecular weight is 370 g/mol. The Balaban J connectivity index is 1.66. The zero-order valence-corrected chi connectivity index (χ0v) is 14.1. The fourth-order valence-corrected chi connectivity index (χ4v) is 2.40. The molecule has 3 aromatic rings. The number of carbonyl (C=O) groups is 1. The van der Waals surface area contributed by atoms with Crippen molar-refractivity contribution in [2.45, 2.75) is 13.2 Å². The van der Waals surface area contributed by atoms with Gasteiger partial charge < -0.3 is 14.5 Å². The molecule has 0 radical (unpaired) electrons. The Morgan fingerprint density at radius 3 is 2.78 bits per heavy atom. The molecule has 1 heterocycles. The van der Waals surface area contributed by atoms with Gasteiger partial charge in [0.2, 0.25) is 0 Å². The van der Waals surface area contributed by atoms with Gasteiger partial charge in [-0.2, -0.15) is 0 Å². The summed E-state index contributed by atoms with van der Waals surface area (Å²) >= 11 is 0. The van der Waals surface area contributed by atoms with Gasteiger partial charge in [-0.25, -0.2) is 4.39 Å². The number of nitrogens with zero attached hydrogens (tertiary/aromatic N) is 1. The van der Waals surface area contributed by atoms with E-state index in [0.29, 0.717) is 16.9 Å². The summed E-state index contributed by atoms with van der Waals surface area (Å²) in [6.45, 7) is 0.200. The minimum Gasteiger partial charge on any atom is -0.482 e. The first kappa shape index (κ1) is 18.1. The molecule has 0 saturated heterocycles. The number of furan rings is 1. The van der Waals surface area contributed by atoms with E-state index in [0.717, 1.165) is 18.2 Å². The third-order valence-corrected chi connectivity index (χ3v) is 3.71. The molecule has 0 aliphatic carbocycles. The van der Waals surface area contributed by atoms with Crippen LogP contribution in [-0.2, 0) is 13.2 Å². The molecule has 1 N–H and O–H groups in total. The number of nitro benzene ring substituents is 1. The summed E-state index contributed by atoms with van der Waals surface area (Å²) in [6, 6.07) is 13.1. The molecule has 7 nitrogen and oxygen atoms in total. The van der Waals surface area contributed by atoms with Gasteiger partial charge in [0.1, 0.15) is 18.2 Å². The molecule has 0 atom stereocenters. The Morgan fingerprint density at radius 1 is 1.19 bits per heavy atom. The summed E-state index contributed by atoms with van der Waals surface area (Å²) in [7, 11) is 0. The van der Waals surface area contributed by atoms with Crippen molar-refractivity contribution in [3.63, 3.8) is 0 Å². The maximum atomic E-state index is 13.3. The highest BCUT2D eigenvalue weighted by Gasteiger charge is 2.16. The van der Waals surface area contributed by atoms with Gasteiger partial charge in [-0.05, 0) is 35.9 Å². The first-order chi connectivity index (χ1) is 13.0. The highest BCUT2D eigenvalue weighted by molar-refractivity contribution is 5.94. The van der Waals surface area contributed by atoms with E-state index >= 15 is 0 Å². The Labute approximate surface area is 153 Å². The molecule has 0 unspecified atom stereocenters. The van der Waals surface area contributed by atoms with Crippen LogP contribution in [0.25, 0.3) is 0 Å². The van der Waals surface area contributed by atoms with Crippen molar-refractivity contribution in [1.29, 1.82) is 0 Å². The first-order valence-corrected chi connectivity index (χ1v) is 7.99. The van der Waals surface area contributed by atoms with E-state index in [9.17, 15) is 19.3 Å². The second-order valence-corrected chi connectivity index (χ2v) is 5.62. The van der Waals surface area contributed by atoms with Gasteiger partial charge in [0.15, 0.2) is 5.75 Å². The van der Waals surface area contributed by atoms with Crippen LogP contribution in [0.1, 0.15) is 21.7 Å². The molecule has 0 aliphatic heterocycles. The number of rotatable bonds is 7. The maximum Gasteiger partial charge on any atom is 0.311 e. The van der Waals surface area contributed by atoms with Crippen molar-refractivity contribution in [3.8, 4) is 5.75 Å². The molecule has 138 valence electrons. The topological polar surface area (TPSA) is 94.6 Å². The lowest BCUT2D eigenvalue weighted by molar-refractivity contribution is -0.386. The van der Waals surface area contributed by atoms with Crippen LogP contribution in [0.3, 0.4) is 0 Å². The molecule has 0 spiro atoms. The van der Waals surface area contributed by atoms with Crippen LogP contribution in [0, 0.1) is 15.9 Å². The summed E-state index contributed by atoms with van der Waals surface area (Å²) in [6.07, 6.45) is 1.52. The minimum absolute atomic E-state index is 0.0520. The van der Waals surface area contributed by atoms with E-state index < -0.39 is 10.7 Å². The van der Waals surface area contributed by atoms with Gasteiger partial charge in [0.25, 0.3) is 5.91 Å².